The van der Waals surface area contributed by atoms with E-state index in [2.05, 4.69) is 21.5 Å². The van der Waals surface area contributed by atoms with Gasteiger partial charge in [0.25, 0.3) is 0 Å². The van der Waals surface area contributed by atoms with Crippen molar-refractivity contribution < 1.29 is 0 Å². The van der Waals surface area contributed by atoms with Crippen molar-refractivity contribution in [2.24, 2.45) is 5.73 Å². The summed E-state index contributed by atoms with van der Waals surface area (Å²) in [6, 6.07) is 1.69. The number of nitrogens with zero attached hydrogens (tertiary/aromatic N) is 3. The molecule has 4 heteroatoms. The van der Waals surface area contributed by atoms with Gasteiger partial charge in [0, 0.05) is 24.8 Å². The Morgan fingerprint density at radius 3 is 2.55 bits per heavy atom. The third kappa shape index (κ3) is 2.91. The van der Waals surface area contributed by atoms with Gasteiger partial charge in [0.15, 0.2) is 0 Å². The summed E-state index contributed by atoms with van der Waals surface area (Å²) in [5, 5.41) is 0. The molecule has 0 saturated heterocycles. The van der Waals surface area contributed by atoms with Crippen LogP contribution in [0, 0.1) is 0 Å². The van der Waals surface area contributed by atoms with Crippen LogP contribution >= 0.6 is 0 Å². The molecule has 4 nitrogen and oxygen atoms in total. The Hall–Kier alpha value is -0.870. The Labute approximate surface area is 122 Å². The molecule has 0 radical (unpaired) electrons. The second-order valence-electron chi connectivity index (χ2n) is 6.52. The average molecular weight is 276 g/mol. The van der Waals surface area contributed by atoms with Crippen LogP contribution in [-0.2, 0) is 0 Å². The van der Waals surface area contributed by atoms with Gasteiger partial charge in [-0.2, -0.15) is 0 Å². The van der Waals surface area contributed by atoms with Crippen LogP contribution in [0.5, 0.6) is 0 Å². The number of nitrogens with two attached hydrogens (primary N) is 1. The smallest absolute Gasteiger partial charge is 0.0951 e. The maximum atomic E-state index is 6.12. The quantitative estimate of drug-likeness (QED) is 0.841. The van der Waals surface area contributed by atoms with Crippen LogP contribution in [0.25, 0.3) is 0 Å². The minimum absolute atomic E-state index is 0.321. The summed E-state index contributed by atoms with van der Waals surface area (Å²) in [4.78, 5) is 6.91. The first-order valence-electron chi connectivity index (χ1n) is 8.25. The van der Waals surface area contributed by atoms with Crippen molar-refractivity contribution in [2.45, 2.75) is 69.5 Å². The van der Waals surface area contributed by atoms with E-state index < -0.39 is 0 Å². The number of likely N-dealkylation sites (N-methyl/N-ethyl adjacent to an activating group) is 1. The molecule has 0 aromatic carbocycles. The normalized spacial score (nSPS) is 22.9. The lowest BCUT2D eigenvalue weighted by atomic mass is 10.0. The second kappa shape index (κ2) is 6.27. The maximum absolute atomic E-state index is 6.12. The first-order valence-corrected chi connectivity index (χ1v) is 8.25. The number of hydrogen-bond donors (Lipinski definition) is 1. The van der Waals surface area contributed by atoms with Crippen LogP contribution in [-0.4, -0.2) is 34.1 Å². The highest BCUT2D eigenvalue weighted by atomic mass is 15.2. The number of imidazole rings is 1. The van der Waals surface area contributed by atoms with Gasteiger partial charge >= 0.3 is 0 Å². The highest BCUT2D eigenvalue weighted by molar-refractivity contribution is 5.10. The van der Waals surface area contributed by atoms with Crippen LogP contribution < -0.4 is 5.73 Å². The molecule has 0 aliphatic heterocycles. The van der Waals surface area contributed by atoms with E-state index in [-0.39, 0.29) is 0 Å². The highest BCUT2D eigenvalue weighted by Crippen LogP contribution is 2.38. The molecule has 0 amide bonds. The summed E-state index contributed by atoms with van der Waals surface area (Å²) in [6.07, 6.45) is 14.8. The SMILES string of the molecule is CN(C1CCCCCC1)C(CN)c1cncn1C1CC1. The van der Waals surface area contributed by atoms with Gasteiger partial charge in [-0.3, -0.25) is 4.90 Å². The van der Waals surface area contributed by atoms with Gasteiger partial charge in [0.1, 0.15) is 0 Å². The van der Waals surface area contributed by atoms with Crippen LogP contribution in [0.2, 0.25) is 0 Å². The average Bonchev–Trinajstić information content (AvgIpc) is 3.25. The molecule has 1 atom stereocenters. The van der Waals surface area contributed by atoms with E-state index in [1.165, 1.54) is 57.1 Å². The highest BCUT2D eigenvalue weighted by Gasteiger charge is 2.31. The lowest BCUT2D eigenvalue weighted by Gasteiger charge is -2.34. The topological polar surface area (TPSA) is 47.1 Å². The van der Waals surface area contributed by atoms with Gasteiger partial charge in [-0.25, -0.2) is 4.98 Å². The fourth-order valence-electron chi connectivity index (χ4n) is 3.65. The fourth-order valence-corrected chi connectivity index (χ4v) is 3.65. The predicted octanol–water partition coefficient (Wildman–Crippen LogP) is 2.87. The summed E-state index contributed by atoms with van der Waals surface area (Å²) in [5.41, 5.74) is 7.44. The third-order valence-corrected chi connectivity index (χ3v) is 5.09. The van der Waals surface area contributed by atoms with E-state index in [0.717, 1.165) is 0 Å². The molecule has 1 heterocycles. The molecule has 1 unspecified atom stereocenters. The summed E-state index contributed by atoms with van der Waals surface area (Å²) in [6.45, 7) is 0.686. The zero-order valence-corrected chi connectivity index (χ0v) is 12.7. The third-order valence-electron chi connectivity index (χ3n) is 5.09. The molecule has 0 spiro atoms. The molecular weight excluding hydrogens is 248 g/mol. The zero-order valence-electron chi connectivity index (χ0n) is 12.7. The Balaban J connectivity index is 1.75. The van der Waals surface area contributed by atoms with Crippen LogP contribution in [0.15, 0.2) is 12.5 Å². The van der Waals surface area contributed by atoms with Gasteiger partial charge in [0.05, 0.1) is 18.1 Å². The molecule has 0 bridgehead atoms. The van der Waals surface area contributed by atoms with E-state index in [4.69, 9.17) is 5.73 Å². The summed E-state index contributed by atoms with van der Waals surface area (Å²) >= 11 is 0. The van der Waals surface area contributed by atoms with Gasteiger partial charge < -0.3 is 10.3 Å². The Morgan fingerprint density at radius 2 is 1.95 bits per heavy atom. The Bertz CT molecular complexity index is 416. The maximum Gasteiger partial charge on any atom is 0.0951 e. The number of aromatic nitrogens is 2. The second-order valence-corrected chi connectivity index (χ2v) is 6.52. The van der Waals surface area contributed by atoms with Crippen molar-refractivity contribution in [1.29, 1.82) is 0 Å². The number of hydrogen-bond acceptors (Lipinski definition) is 3. The Kier molecular flexibility index (Phi) is 4.41. The first kappa shape index (κ1) is 14.1. The molecule has 1 aromatic rings. The van der Waals surface area contributed by atoms with Crippen molar-refractivity contribution in [1.82, 2.24) is 14.5 Å². The van der Waals surface area contributed by atoms with Gasteiger partial charge in [0.2, 0.25) is 0 Å². The van der Waals surface area contributed by atoms with Crippen molar-refractivity contribution in [3.8, 4) is 0 Å². The minimum atomic E-state index is 0.321. The minimum Gasteiger partial charge on any atom is -0.330 e. The zero-order chi connectivity index (χ0) is 13.9. The van der Waals surface area contributed by atoms with Gasteiger partial charge in [-0.1, -0.05) is 25.7 Å². The molecule has 2 fully saturated rings. The van der Waals surface area contributed by atoms with E-state index in [9.17, 15) is 0 Å². The monoisotopic (exact) mass is 276 g/mol. The van der Waals surface area contributed by atoms with Crippen molar-refractivity contribution in [2.75, 3.05) is 13.6 Å². The first-order chi connectivity index (χ1) is 9.81. The molecule has 2 saturated carbocycles. The van der Waals surface area contributed by atoms with E-state index in [0.29, 0.717) is 24.7 Å². The predicted molar refractivity (Wildman–Crippen MR) is 81.5 cm³/mol. The number of rotatable bonds is 5. The summed E-state index contributed by atoms with van der Waals surface area (Å²) < 4.78 is 2.37. The van der Waals surface area contributed by atoms with E-state index in [1.54, 1.807) is 0 Å². The molecule has 1 aromatic heterocycles. The van der Waals surface area contributed by atoms with Crippen LogP contribution in [0.1, 0.15) is 69.1 Å². The molecule has 2 aliphatic rings. The lowest BCUT2D eigenvalue weighted by Crippen LogP contribution is -2.39. The molecule has 3 rings (SSSR count). The van der Waals surface area contributed by atoms with E-state index >= 15 is 0 Å². The lowest BCUT2D eigenvalue weighted by molar-refractivity contribution is 0.155. The van der Waals surface area contributed by atoms with Crippen molar-refractivity contribution >= 4 is 0 Å². The standard InChI is InChI=1S/C16H28N4/c1-19(13-6-4-2-3-5-7-13)15(10-17)16-11-18-12-20(16)14-8-9-14/h11-15H,2-10,17H2,1H3. The molecule has 112 valence electrons. The molecule has 2 aliphatic carbocycles. The molecule has 2 N–H and O–H groups in total. The van der Waals surface area contributed by atoms with Crippen LogP contribution in [0.4, 0.5) is 0 Å². The largest absolute Gasteiger partial charge is 0.330 e. The Morgan fingerprint density at radius 1 is 1.25 bits per heavy atom. The molecular formula is C16H28N4. The van der Waals surface area contributed by atoms with Gasteiger partial charge in [-0.05, 0) is 32.7 Å². The summed E-state index contributed by atoms with van der Waals surface area (Å²) in [5.74, 6) is 0. The fraction of sp³-hybridized carbons (Fsp3) is 0.812. The van der Waals surface area contributed by atoms with Gasteiger partial charge in [-0.15, -0.1) is 0 Å². The summed E-state index contributed by atoms with van der Waals surface area (Å²) in [7, 11) is 2.26. The van der Waals surface area contributed by atoms with Crippen molar-refractivity contribution in [3.05, 3.63) is 18.2 Å². The van der Waals surface area contributed by atoms with Crippen molar-refractivity contribution in [3.63, 3.8) is 0 Å². The van der Waals surface area contributed by atoms with E-state index in [1.807, 2.05) is 12.5 Å². The van der Waals surface area contributed by atoms with Crippen LogP contribution in [0.3, 0.4) is 0 Å². The molecule has 20 heavy (non-hydrogen) atoms.